The highest BCUT2D eigenvalue weighted by atomic mass is 32.2. The van der Waals surface area contributed by atoms with Crippen molar-refractivity contribution in [2.75, 3.05) is 17.3 Å². The number of aromatic amines is 1. The third kappa shape index (κ3) is 5.74. The van der Waals surface area contributed by atoms with Crippen molar-refractivity contribution in [2.45, 2.75) is 30.8 Å². The number of nitrogen functional groups attached to an aromatic ring is 1. The van der Waals surface area contributed by atoms with Gasteiger partial charge in [-0.15, -0.1) is 16.9 Å². The number of nitrogens with one attached hydrogen (secondary N) is 2. The van der Waals surface area contributed by atoms with Gasteiger partial charge in [-0.2, -0.15) is 23.3 Å². The highest BCUT2D eigenvalue weighted by Gasteiger charge is 2.38. The maximum atomic E-state index is 14.5. The highest BCUT2D eigenvalue weighted by Crippen LogP contribution is 2.37. The fourth-order valence-electron chi connectivity index (χ4n) is 3.88. The molecule has 0 atom stereocenters. The first-order valence-electron chi connectivity index (χ1n) is 11.4. The van der Waals surface area contributed by atoms with Crippen molar-refractivity contribution in [2.24, 2.45) is 0 Å². The van der Waals surface area contributed by atoms with Crippen molar-refractivity contribution in [1.29, 1.82) is 0 Å². The third-order valence-corrected chi connectivity index (χ3v) is 6.42. The second kappa shape index (κ2) is 10.8. The van der Waals surface area contributed by atoms with Crippen LogP contribution in [0.1, 0.15) is 25.5 Å². The molecule has 0 fully saturated rings. The lowest BCUT2D eigenvalue weighted by Crippen LogP contribution is -2.21. The number of hydrogen-bond acceptors (Lipinski definition) is 7. The zero-order valence-electron chi connectivity index (χ0n) is 20.8. The lowest BCUT2D eigenvalue weighted by atomic mass is 10.0. The number of alkyl halides is 3. The number of benzene rings is 2. The van der Waals surface area contributed by atoms with Crippen molar-refractivity contribution < 1.29 is 27.5 Å². The maximum absolute atomic E-state index is 14.5. The van der Waals surface area contributed by atoms with Gasteiger partial charge in [-0.05, 0) is 48.1 Å². The van der Waals surface area contributed by atoms with E-state index in [1.54, 1.807) is 16.8 Å². The van der Waals surface area contributed by atoms with Gasteiger partial charge in [0.1, 0.15) is 11.3 Å². The Kier molecular flexibility index (Phi) is 7.67. The molecule has 5 N–H and O–H groups in total. The standard InChI is InChI=1S/C23H22FN7S.C2HF3O2/c1-12(2)20-10-15(14-5-4-6-18-16(14)11-26-29-18)21-22(25)28-23(30-31(20)21)27-19-8-7-13(32-3)9-17(19)24;3-2(4,5)1(6)7/h4-12H,1-3H3,(H,26,29)(H3,25,27,28,30);(H,6,7). The molecule has 0 aliphatic rings. The number of hydrogen-bond donors (Lipinski definition) is 4. The number of carboxylic acid groups (broad SMARTS) is 1. The fourth-order valence-corrected chi connectivity index (χ4v) is 4.30. The number of anilines is 3. The van der Waals surface area contributed by atoms with Gasteiger partial charge in [-0.1, -0.05) is 26.0 Å². The number of carbonyl (C=O) groups is 1. The Hall–Kier alpha value is -4.33. The molecule has 204 valence electrons. The van der Waals surface area contributed by atoms with Crippen LogP contribution < -0.4 is 11.1 Å². The molecule has 0 aliphatic heterocycles. The molecule has 2 aromatic carbocycles. The van der Waals surface area contributed by atoms with Crippen molar-refractivity contribution >= 4 is 51.6 Å². The smallest absolute Gasteiger partial charge is 0.475 e. The van der Waals surface area contributed by atoms with E-state index in [1.807, 2.05) is 30.5 Å². The number of H-pyrrole nitrogens is 1. The van der Waals surface area contributed by atoms with Crippen LogP contribution in [0.4, 0.5) is 35.0 Å². The fraction of sp³-hybridized carbons (Fsp3) is 0.200. The molecule has 0 radical (unpaired) electrons. The van der Waals surface area contributed by atoms with E-state index >= 15 is 0 Å². The molecule has 39 heavy (non-hydrogen) atoms. The van der Waals surface area contributed by atoms with Gasteiger partial charge in [0.25, 0.3) is 0 Å². The van der Waals surface area contributed by atoms with E-state index in [-0.39, 0.29) is 17.7 Å². The summed E-state index contributed by atoms with van der Waals surface area (Å²) in [4.78, 5) is 14.2. The lowest BCUT2D eigenvalue weighted by Gasteiger charge is -2.11. The first-order chi connectivity index (χ1) is 18.4. The van der Waals surface area contributed by atoms with Gasteiger partial charge in [0.2, 0.25) is 5.95 Å². The van der Waals surface area contributed by atoms with Gasteiger partial charge in [0, 0.05) is 21.5 Å². The first kappa shape index (κ1) is 27.7. The van der Waals surface area contributed by atoms with E-state index in [4.69, 9.17) is 15.6 Å². The Bertz CT molecular complexity index is 1660. The Morgan fingerprint density at radius 3 is 2.51 bits per heavy atom. The first-order valence-corrected chi connectivity index (χ1v) is 12.7. The molecule has 3 heterocycles. The quantitative estimate of drug-likeness (QED) is 0.147. The summed E-state index contributed by atoms with van der Waals surface area (Å²) in [7, 11) is 0. The lowest BCUT2D eigenvalue weighted by molar-refractivity contribution is -0.192. The third-order valence-electron chi connectivity index (χ3n) is 5.70. The zero-order valence-corrected chi connectivity index (χ0v) is 21.7. The predicted molar refractivity (Wildman–Crippen MR) is 142 cm³/mol. The van der Waals surface area contributed by atoms with Gasteiger partial charge >= 0.3 is 12.1 Å². The molecule has 0 bridgehead atoms. The van der Waals surface area contributed by atoms with E-state index in [1.165, 1.54) is 17.8 Å². The topological polar surface area (TPSA) is 134 Å². The van der Waals surface area contributed by atoms with Gasteiger partial charge in [0.05, 0.1) is 17.4 Å². The summed E-state index contributed by atoms with van der Waals surface area (Å²) >= 11 is 1.48. The summed E-state index contributed by atoms with van der Waals surface area (Å²) < 4.78 is 48.0. The molecule has 9 nitrogen and oxygen atoms in total. The number of aromatic nitrogens is 5. The summed E-state index contributed by atoms with van der Waals surface area (Å²) in [5.74, 6) is -2.41. The maximum Gasteiger partial charge on any atom is 0.490 e. The summed E-state index contributed by atoms with van der Waals surface area (Å²) in [5, 5.41) is 22.9. The SMILES string of the molecule is CSc1ccc(Nc2nc(N)c3c(-c4cccc5[nH]ncc45)cc(C(C)C)n3n2)c(F)c1.O=C(O)C(F)(F)F. The number of thioether (sulfide) groups is 1. The number of rotatable bonds is 5. The summed E-state index contributed by atoms with van der Waals surface area (Å²) in [6.07, 6.45) is -1.38. The second-order valence-electron chi connectivity index (χ2n) is 8.63. The van der Waals surface area contributed by atoms with Crippen LogP contribution in [0.15, 0.2) is 53.6 Å². The highest BCUT2D eigenvalue weighted by molar-refractivity contribution is 7.98. The molecular formula is C25H23F4N7O2S. The molecule has 5 aromatic rings. The minimum atomic E-state index is -5.08. The van der Waals surface area contributed by atoms with Crippen molar-refractivity contribution in [1.82, 2.24) is 24.8 Å². The molecule has 14 heteroatoms. The average Bonchev–Trinajstić information content (AvgIpc) is 3.50. The molecule has 0 amide bonds. The predicted octanol–water partition coefficient (Wildman–Crippen LogP) is 6.22. The normalized spacial score (nSPS) is 11.6. The second-order valence-corrected chi connectivity index (χ2v) is 9.51. The largest absolute Gasteiger partial charge is 0.490 e. The minimum absolute atomic E-state index is 0.180. The number of nitrogens with two attached hydrogens (primary N) is 1. The number of halogens is 4. The summed E-state index contributed by atoms with van der Waals surface area (Å²) in [6, 6.07) is 13.1. The van der Waals surface area contributed by atoms with Crippen molar-refractivity contribution in [3.63, 3.8) is 0 Å². The Balaban J connectivity index is 0.000000448. The summed E-state index contributed by atoms with van der Waals surface area (Å²) in [6.45, 7) is 4.19. The van der Waals surface area contributed by atoms with Crippen LogP contribution in [-0.4, -0.2) is 48.3 Å². The van der Waals surface area contributed by atoms with Gasteiger partial charge in [-0.3, -0.25) is 5.10 Å². The minimum Gasteiger partial charge on any atom is -0.475 e. The molecule has 0 unspecified atom stereocenters. The van der Waals surface area contributed by atoms with E-state index in [0.717, 1.165) is 32.6 Å². The van der Waals surface area contributed by atoms with Crippen LogP contribution in [0.3, 0.4) is 0 Å². The molecule has 3 aromatic heterocycles. The molecule has 0 spiro atoms. The Morgan fingerprint density at radius 2 is 1.90 bits per heavy atom. The molecule has 0 saturated carbocycles. The number of nitrogens with zero attached hydrogens (tertiary/aromatic N) is 4. The van der Waals surface area contributed by atoms with Crippen LogP contribution in [0, 0.1) is 5.82 Å². The Morgan fingerprint density at radius 1 is 1.18 bits per heavy atom. The molecule has 0 aliphatic carbocycles. The number of aliphatic carboxylic acids is 1. The number of fused-ring (bicyclic) bond motifs is 2. The van der Waals surface area contributed by atoms with Crippen LogP contribution in [0.25, 0.3) is 27.5 Å². The zero-order chi connectivity index (χ0) is 28.5. The van der Waals surface area contributed by atoms with Gasteiger partial charge in [0.15, 0.2) is 5.82 Å². The number of carboxylic acids is 1. The van der Waals surface area contributed by atoms with Crippen LogP contribution >= 0.6 is 11.8 Å². The van der Waals surface area contributed by atoms with Gasteiger partial charge in [-0.25, -0.2) is 13.7 Å². The molecule has 0 saturated heterocycles. The van der Waals surface area contributed by atoms with E-state index in [2.05, 4.69) is 45.5 Å². The van der Waals surface area contributed by atoms with Crippen molar-refractivity contribution in [3.8, 4) is 11.1 Å². The van der Waals surface area contributed by atoms with Gasteiger partial charge < -0.3 is 16.2 Å². The van der Waals surface area contributed by atoms with E-state index < -0.39 is 12.1 Å². The average molecular weight is 562 g/mol. The Labute approximate surface area is 223 Å². The van der Waals surface area contributed by atoms with Crippen LogP contribution in [0.2, 0.25) is 0 Å². The van der Waals surface area contributed by atoms with Crippen molar-refractivity contribution in [3.05, 3.63) is 60.2 Å². The monoisotopic (exact) mass is 561 g/mol. The molecule has 5 rings (SSSR count). The summed E-state index contributed by atoms with van der Waals surface area (Å²) in [5.41, 5.74) is 11.3. The van der Waals surface area contributed by atoms with E-state index in [9.17, 15) is 17.6 Å². The van der Waals surface area contributed by atoms with Crippen LogP contribution in [-0.2, 0) is 4.79 Å². The van der Waals surface area contributed by atoms with E-state index in [0.29, 0.717) is 17.0 Å². The molecular weight excluding hydrogens is 538 g/mol. The van der Waals surface area contributed by atoms with Crippen LogP contribution in [0.5, 0.6) is 0 Å².